The molecule has 0 bridgehead atoms. The highest BCUT2D eigenvalue weighted by molar-refractivity contribution is 7.90. The molecule has 1 saturated heterocycles. The van der Waals surface area contributed by atoms with Gasteiger partial charge in [-0.15, -0.1) is 0 Å². The summed E-state index contributed by atoms with van der Waals surface area (Å²) in [4.78, 5) is 12.4. The van der Waals surface area contributed by atoms with Crippen LogP contribution in [0, 0.1) is 5.92 Å². The lowest BCUT2D eigenvalue weighted by atomic mass is 9.75. The monoisotopic (exact) mass is 589 g/mol. The van der Waals surface area contributed by atoms with Gasteiger partial charge in [0.15, 0.2) is 0 Å². The second-order valence-electron chi connectivity index (χ2n) is 10.8. The van der Waals surface area contributed by atoms with Gasteiger partial charge >= 0.3 is 6.18 Å². The van der Waals surface area contributed by atoms with Crippen LogP contribution in [-0.4, -0.2) is 26.0 Å². The van der Waals surface area contributed by atoms with Gasteiger partial charge in [0.25, 0.3) is 15.9 Å². The van der Waals surface area contributed by atoms with Crippen molar-refractivity contribution >= 4 is 15.9 Å². The van der Waals surface area contributed by atoms with Gasteiger partial charge in [0, 0.05) is 11.5 Å². The first-order valence-electron chi connectivity index (χ1n) is 13.2. The number of benzene rings is 3. The molecule has 0 unspecified atom stereocenters. The standard InChI is InChI=1S/C30H30F3NO6S/c1-18-13-14-23-27(39-18)20-15-24(38-17-19-9-5-4-6-10-19)21(16-25(20)40-29(23,2)3)28(35)34-41(36,37)26-12-8-7-11-22(26)30(31,32)33/h4-12,15-16,18,23,27H,13-14,17H2,1-3H3,(H,34,35)/t18-,23-,27+/m0/s1. The Balaban J connectivity index is 1.55. The molecule has 0 saturated carbocycles. The van der Waals surface area contributed by atoms with Gasteiger partial charge in [-0.2, -0.15) is 13.2 Å². The van der Waals surface area contributed by atoms with Crippen molar-refractivity contribution in [1.82, 2.24) is 4.72 Å². The van der Waals surface area contributed by atoms with Crippen molar-refractivity contribution in [3.05, 3.63) is 89.0 Å². The summed E-state index contributed by atoms with van der Waals surface area (Å²) in [5.41, 5.74) is -0.793. The van der Waals surface area contributed by atoms with E-state index in [1.165, 1.54) is 6.07 Å². The summed E-state index contributed by atoms with van der Waals surface area (Å²) in [6.45, 7) is 5.88. The third kappa shape index (κ3) is 5.92. The second-order valence-corrected chi connectivity index (χ2v) is 12.5. The van der Waals surface area contributed by atoms with E-state index in [-0.39, 0.29) is 36.0 Å². The maximum Gasteiger partial charge on any atom is 0.417 e. The van der Waals surface area contributed by atoms with Gasteiger partial charge < -0.3 is 14.2 Å². The van der Waals surface area contributed by atoms with E-state index in [0.29, 0.717) is 17.4 Å². The Morgan fingerprint density at radius 1 is 1.05 bits per heavy atom. The van der Waals surface area contributed by atoms with Crippen LogP contribution in [0.3, 0.4) is 0 Å². The molecule has 1 N–H and O–H groups in total. The maximum atomic E-state index is 13.6. The number of ether oxygens (including phenoxy) is 3. The van der Waals surface area contributed by atoms with E-state index in [1.807, 2.05) is 51.1 Å². The molecular weight excluding hydrogens is 559 g/mol. The fourth-order valence-electron chi connectivity index (χ4n) is 5.43. The van der Waals surface area contributed by atoms with Crippen molar-refractivity contribution in [1.29, 1.82) is 0 Å². The summed E-state index contributed by atoms with van der Waals surface area (Å²) in [6.07, 6.45) is -3.59. The highest BCUT2D eigenvalue weighted by Crippen LogP contribution is 2.52. The molecule has 7 nitrogen and oxygen atoms in total. The number of alkyl halides is 3. The third-order valence-electron chi connectivity index (χ3n) is 7.50. The quantitative estimate of drug-likeness (QED) is 0.356. The number of carbonyl (C=O) groups is 1. The van der Waals surface area contributed by atoms with Gasteiger partial charge in [0.1, 0.15) is 23.7 Å². The van der Waals surface area contributed by atoms with Crippen molar-refractivity contribution in [3.63, 3.8) is 0 Å². The zero-order valence-electron chi connectivity index (χ0n) is 22.7. The minimum atomic E-state index is -4.95. The first-order valence-corrected chi connectivity index (χ1v) is 14.7. The number of halogens is 3. The van der Waals surface area contributed by atoms with E-state index < -0.39 is 38.2 Å². The van der Waals surface area contributed by atoms with Crippen LogP contribution in [0.1, 0.15) is 66.8 Å². The molecule has 3 atom stereocenters. The van der Waals surface area contributed by atoms with Crippen LogP contribution in [-0.2, 0) is 27.5 Å². The molecular formula is C30H30F3NO6S. The first kappa shape index (κ1) is 28.9. The van der Waals surface area contributed by atoms with Crippen molar-refractivity contribution in [2.24, 2.45) is 5.92 Å². The molecule has 2 aliphatic heterocycles. The molecule has 1 amide bonds. The zero-order valence-corrected chi connectivity index (χ0v) is 23.5. The molecule has 11 heteroatoms. The number of hydrogen-bond acceptors (Lipinski definition) is 6. The Hall–Kier alpha value is -3.57. The Bertz CT molecular complexity index is 1560. The Kier molecular flexibility index (Phi) is 7.54. The van der Waals surface area contributed by atoms with Gasteiger partial charge in [-0.05, 0) is 63.4 Å². The fourth-order valence-corrected chi connectivity index (χ4v) is 6.62. The Morgan fingerprint density at radius 3 is 2.44 bits per heavy atom. The number of hydrogen-bond donors (Lipinski definition) is 1. The number of carbonyl (C=O) groups excluding carboxylic acids is 1. The third-order valence-corrected chi connectivity index (χ3v) is 8.89. The fraction of sp³-hybridized carbons (Fsp3) is 0.367. The van der Waals surface area contributed by atoms with E-state index in [4.69, 9.17) is 14.2 Å². The molecule has 1 fully saturated rings. The van der Waals surface area contributed by atoms with Gasteiger partial charge in [0.2, 0.25) is 0 Å². The average molecular weight is 590 g/mol. The van der Waals surface area contributed by atoms with Crippen LogP contribution >= 0.6 is 0 Å². The molecule has 0 spiro atoms. The molecule has 0 aliphatic carbocycles. The smallest absolute Gasteiger partial charge is 0.417 e. The summed E-state index contributed by atoms with van der Waals surface area (Å²) in [6, 6.07) is 15.8. The molecule has 0 aromatic heterocycles. The van der Waals surface area contributed by atoms with Crippen molar-refractivity contribution in [2.75, 3.05) is 0 Å². The summed E-state index contributed by atoms with van der Waals surface area (Å²) < 4.78 is 87.3. The second kappa shape index (κ2) is 10.7. The number of fused-ring (bicyclic) bond motifs is 3. The minimum absolute atomic E-state index is 0.00601. The molecule has 5 rings (SSSR count). The van der Waals surface area contributed by atoms with E-state index >= 15 is 0 Å². The van der Waals surface area contributed by atoms with Crippen LogP contribution in [0.4, 0.5) is 13.2 Å². The molecule has 2 aliphatic rings. The Morgan fingerprint density at radius 2 is 1.73 bits per heavy atom. The number of nitrogens with one attached hydrogen (secondary N) is 1. The lowest BCUT2D eigenvalue weighted by molar-refractivity contribution is -0.144. The van der Waals surface area contributed by atoms with Crippen LogP contribution in [0.5, 0.6) is 11.5 Å². The van der Waals surface area contributed by atoms with Gasteiger partial charge in [-0.1, -0.05) is 42.5 Å². The minimum Gasteiger partial charge on any atom is -0.488 e. The van der Waals surface area contributed by atoms with Gasteiger partial charge in [-0.25, -0.2) is 13.1 Å². The summed E-state index contributed by atoms with van der Waals surface area (Å²) in [7, 11) is -4.92. The zero-order chi connectivity index (χ0) is 29.6. The van der Waals surface area contributed by atoms with Crippen LogP contribution < -0.4 is 14.2 Å². The average Bonchev–Trinajstić information content (AvgIpc) is 2.91. The topological polar surface area (TPSA) is 90.9 Å². The lowest BCUT2D eigenvalue weighted by Crippen LogP contribution is -2.48. The first-order chi connectivity index (χ1) is 19.3. The van der Waals surface area contributed by atoms with Gasteiger partial charge in [0.05, 0.1) is 28.2 Å². The lowest BCUT2D eigenvalue weighted by Gasteiger charge is -2.48. The van der Waals surface area contributed by atoms with E-state index in [1.54, 1.807) is 10.8 Å². The Labute approximate surface area is 236 Å². The van der Waals surface area contributed by atoms with E-state index in [0.717, 1.165) is 36.6 Å². The van der Waals surface area contributed by atoms with Crippen LogP contribution in [0.2, 0.25) is 0 Å². The predicted octanol–water partition coefficient (Wildman–Crippen LogP) is 6.43. The molecule has 41 heavy (non-hydrogen) atoms. The molecule has 3 aromatic carbocycles. The molecule has 3 aromatic rings. The highest BCUT2D eigenvalue weighted by atomic mass is 32.2. The predicted molar refractivity (Wildman–Crippen MR) is 144 cm³/mol. The van der Waals surface area contributed by atoms with E-state index in [9.17, 15) is 26.4 Å². The van der Waals surface area contributed by atoms with Crippen molar-refractivity contribution in [2.45, 2.75) is 69.1 Å². The SMILES string of the molecule is C[C@H]1CC[C@H]2[C@H](O1)c1cc(OCc3ccccc3)c(C(=O)NS(=O)(=O)c3ccccc3C(F)(F)F)cc1OC2(C)C. The van der Waals surface area contributed by atoms with E-state index in [2.05, 4.69) is 0 Å². The molecule has 218 valence electrons. The maximum absolute atomic E-state index is 13.6. The number of rotatable bonds is 6. The van der Waals surface area contributed by atoms with Crippen LogP contribution in [0.15, 0.2) is 71.6 Å². The normalized spacial score (nSPS) is 21.7. The summed E-state index contributed by atoms with van der Waals surface area (Å²) in [5.74, 6) is -0.773. The number of sulfonamides is 1. The molecule has 2 heterocycles. The van der Waals surface area contributed by atoms with Gasteiger partial charge in [-0.3, -0.25) is 4.79 Å². The summed E-state index contributed by atoms with van der Waals surface area (Å²) >= 11 is 0. The number of amides is 1. The van der Waals surface area contributed by atoms with Crippen molar-refractivity contribution in [3.8, 4) is 11.5 Å². The summed E-state index contributed by atoms with van der Waals surface area (Å²) in [5, 5.41) is 0. The molecule has 0 radical (unpaired) electrons. The van der Waals surface area contributed by atoms with Crippen molar-refractivity contribution < 1.29 is 40.6 Å². The van der Waals surface area contributed by atoms with Crippen LogP contribution in [0.25, 0.3) is 0 Å². The highest BCUT2D eigenvalue weighted by Gasteiger charge is 2.47. The largest absolute Gasteiger partial charge is 0.488 e.